The Morgan fingerprint density at radius 1 is 0.957 bits per heavy atom. The minimum atomic E-state index is -0.493. The summed E-state index contributed by atoms with van der Waals surface area (Å²) in [5, 5.41) is 10.6. The fourth-order valence-electron chi connectivity index (χ4n) is 2.27. The smallest absolute Gasteiger partial charge is 0.269 e. The van der Waals surface area contributed by atoms with Crippen LogP contribution in [0, 0.1) is 10.1 Å². The minimum absolute atomic E-state index is 0.0212. The molecule has 0 heterocycles. The van der Waals surface area contributed by atoms with E-state index in [2.05, 4.69) is 0 Å². The SMILES string of the molecule is O=C1C=C(OCc2ccc([N+](=O)[O-])cc2)C(=O)c2ccccc21. The zero-order valence-electron chi connectivity index (χ0n) is 11.9. The van der Waals surface area contributed by atoms with Gasteiger partial charge in [-0.25, -0.2) is 0 Å². The van der Waals surface area contributed by atoms with Gasteiger partial charge in [-0.2, -0.15) is 0 Å². The van der Waals surface area contributed by atoms with Gasteiger partial charge < -0.3 is 4.74 Å². The topological polar surface area (TPSA) is 86.5 Å². The van der Waals surface area contributed by atoms with Gasteiger partial charge in [-0.05, 0) is 17.7 Å². The molecule has 0 unspecified atom stereocenters. The molecule has 23 heavy (non-hydrogen) atoms. The largest absolute Gasteiger partial charge is 0.485 e. The van der Waals surface area contributed by atoms with Gasteiger partial charge in [0, 0.05) is 29.3 Å². The summed E-state index contributed by atoms with van der Waals surface area (Å²) in [6, 6.07) is 12.4. The maximum atomic E-state index is 12.3. The number of allylic oxidation sites excluding steroid dienone is 2. The van der Waals surface area contributed by atoms with Crippen molar-refractivity contribution in [1.82, 2.24) is 0 Å². The van der Waals surface area contributed by atoms with E-state index in [-0.39, 0.29) is 29.6 Å². The van der Waals surface area contributed by atoms with Crippen LogP contribution in [0.2, 0.25) is 0 Å². The molecule has 0 aliphatic heterocycles. The fraction of sp³-hybridized carbons (Fsp3) is 0.0588. The molecule has 0 amide bonds. The number of fused-ring (bicyclic) bond motifs is 1. The van der Waals surface area contributed by atoms with Crippen molar-refractivity contribution in [3.8, 4) is 0 Å². The Morgan fingerprint density at radius 2 is 1.61 bits per heavy atom. The van der Waals surface area contributed by atoms with Crippen LogP contribution in [0.15, 0.2) is 60.4 Å². The van der Waals surface area contributed by atoms with Gasteiger partial charge in [-0.3, -0.25) is 19.7 Å². The number of nitro benzene ring substituents is 1. The molecule has 0 spiro atoms. The number of non-ortho nitro benzene ring substituents is 1. The average Bonchev–Trinajstić information content (AvgIpc) is 2.57. The first-order valence-corrected chi connectivity index (χ1v) is 6.82. The highest BCUT2D eigenvalue weighted by molar-refractivity contribution is 6.23. The second kappa shape index (κ2) is 5.84. The number of hydrogen-bond acceptors (Lipinski definition) is 5. The van der Waals surface area contributed by atoms with E-state index >= 15 is 0 Å². The van der Waals surface area contributed by atoms with E-state index in [9.17, 15) is 19.7 Å². The third-order valence-electron chi connectivity index (χ3n) is 3.46. The summed E-state index contributed by atoms with van der Waals surface area (Å²) in [4.78, 5) is 34.4. The van der Waals surface area contributed by atoms with Crippen molar-refractivity contribution in [3.63, 3.8) is 0 Å². The van der Waals surface area contributed by atoms with Gasteiger partial charge >= 0.3 is 0 Å². The van der Waals surface area contributed by atoms with Crippen molar-refractivity contribution in [3.05, 3.63) is 87.2 Å². The van der Waals surface area contributed by atoms with Crippen molar-refractivity contribution in [1.29, 1.82) is 0 Å². The fourth-order valence-corrected chi connectivity index (χ4v) is 2.27. The number of benzene rings is 2. The standard InChI is InChI=1S/C17H11NO5/c19-15-9-16(17(20)14-4-2-1-3-13(14)15)23-10-11-5-7-12(8-6-11)18(21)22/h1-9H,10H2. The molecule has 0 atom stereocenters. The summed E-state index contributed by atoms with van der Waals surface area (Å²) in [5.41, 5.74) is 1.32. The highest BCUT2D eigenvalue weighted by atomic mass is 16.6. The van der Waals surface area contributed by atoms with Crippen molar-refractivity contribution < 1.29 is 19.2 Å². The molecule has 2 aromatic carbocycles. The highest BCUT2D eigenvalue weighted by Crippen LogP contribution is 2.23. The summed E-state index contributed by atoms with van der Waals surface area (Å²) >= 11 is 0. The molecule has 0 aromatic heterocycles. The van der Waals surface area contributed by atoms with Crippen LogP contribution in [-0.4, -0.2) is 16.5 Å². The molecule has 0 saturated carbocycles. The van der Waals surface area contributed by atoms with Gasteiger partial charge in [0.25, 0.3) is 5.69 Å². The molecule has 1 aliphatic rings. The third kappa shape index (κ3) is 2.87. The predicted molar refractivity (Wildman–Crippen MR) is 81.1 cm³/mol. The van der Waals surface area contributed by atoms with E-state index in [1.54, 1.807) is 36.4 Å². The van der Waals surface area contributed by atoms with Crippen LogP contribution in [0.25, 0.3) is 0 Å². The van der Waals surface area contributed by atoms with Gasteiger partial charge in [-0.15, -0.1) is 0 Å². The number of hydrogen-bond donors (Lipinski definition) is 0. The van der Waals surface area contributed by atoms with E-state index in [0.717, 1.165) is 0 Å². The number of ketones is 2. The zero-order valence-corrected chi connectivity index (χ0v) is 11.9. The van der Waals surface area contributed by atoms with Crippen LogP contribution in [0.5, 0.6) is 0 Å². The van der Waals surface area contributed by atoms with E-state index < -0.39 is 4.92 Å². The van der Waals surface area contributed by atoms with Crippen molar-refractivity contribution >= 4 is 17.3 Å². The van der Waals surface area contributed by atoms with Gasteiger partial charge in [-0.1, -0.05) is 24.3 Å². The first kappa shape index (κ1) is 14.6. The van der Waals surface area contributed by atoms with E-state index in [0.29, 0.717) is 16.7 Å². The third-order valence-corrected chi connectivity index (χ3v) is 3.46. The molecule has 0 N–H and O–H groups in total. The second-order valence-electron chi connectivity index (χ2n) is 4.96. The summed E-state index contributed by atoms with van der Waals surface area (Å²) in [7, 11) is 0. The number of carbonyl (C=O) groups excluding carboxylic acids is 2. The van der Waals surface area contributed by atoms with Gasteiger partial charge in [0.2, 0.25) is 5.78 Å². The van der Waals surface area contributed by atoms with Crippen LogP contribution < -0.4 is 0 Å². The quantitative estimate of drug-likeness (QED) is 0.640. The lowest BCUT2D eigenvalue weighted by atomic mass is 9.94. The number of rotatable bonds is 4. The monoisotopic (exact) mass is 309 g/mol. The van der Waals surface area contributed by atoms with Crippen molar-refractivity contribution in [2.45, 2.75) is 6.61 Å². The Hall–Kier alpha value is -3.28. The van der Waals surface area contributed by atoms with Gasteiger partial charge in [0.15, 0.2) is 11.5 Å². The van der Waals surface area contributed by atoms with Crippen LogP contribution in [0.3, 0.4) is 0 Å². The zero-order chi connectivity index (χ0) is 16.4. The summed E-state index contributed by atoms with van der Waals surface area (Å²) in [6.45, 7) is 0.0466. The van der Waals surface area contributed by atoms with Crippen LogP contribution in [-0.2, 0) is 11.3 Å². The number of nitro groups is 1. The lowest BCUT2D eigenvalue weighted by molar-refractivity contribution is -0.384. The van der Waals surface area contributed by atoms with E-state index in [1.807, 2.05) is 0 Å². The number of nitrogens with zero attached hydrogens (tertiary/aromatic N) is 1. The average molecular weight is 309 g/mol. The molecule has 6 heteroatoms. The van der Waals surface area contributed by atoms with Crippen LogP contribution in [0.4, 0.5) is 5.69 Å². The van der Waals surface area contributed by atoms with E-state index in [1.165, 1.54) is 18.2 Å². The minimum Gasteiger partial charge on any atom is -0.485 e. The lowest BCUT2D eigenvalue weighted by Gasteiger charge is -2.15. The molecule has 2 aromatic rings. The molecule has 0 saturated heterocycles. The number of carbonyl (C=O) groups is 2. The number of Topliss-reactive ketones (excluding diaryl/α,β-unsaturated/α-hetero) is 1. The summed E-state index contributed by atoms with van der Waals surface area (Å²) in [6.07, 6.45) is 1.18. The normalized spacial score (nSPS) is 13.3. The Bertz CT molecular complexity index is 836. The molecule has 3 rings (SSSR count). The Kier molecular flexibility index (Phi) is 3.72. The lowest BCUT2D eigenvalue weighted by Crippen LogP contribution is -2.18. The molecule has 0 radical (unpaired) electrons. The van der Waals surface area contributed by atoms with Gasteiger partial charge in [0.05, 0.1) is 4.92 Å². The molecular formula is C17H11NO5. The molecular weight excluding hydrogens is 298 g/mol. The maximum Gasteiger partial charge on any atom is 0.269 e. The molecule has 0 bridgehead atoms. The van der Waals surface area contributed by atoms with Gasteiger partial charge in [0.1, 0.15) is 6.61 Å². The molecule has 1 aliphatic carbocycles. The number of ether oxygens (including phenoxy) is 1. The van der Waals surface area contributed by atoms with E-state index in [4.69, 9.17) is 4.74 Å². The predicted octanol–water partition coefficient (Wildman–Crippen LogP) is 3.07. The molecule has 114 valence electrons. The summed E-state index contributed by atoms with van der Waals surface area (Å²) < 4.78 is 5.43. The first-order valence-electron chi connectivity index (χ1n) is 6.82. The van der Waals surface area contributed by atoms with Crippen LogP contribution >= 0.6 is 0 Å². The van der Waals surface area contributed by atoms with Crippen LogP contribution in [0.1, 0.15) is 26.3 Å². The van der Waals surface area contributed by atoms with Crippen molar-refractivity contribution in [2.24, 2.45) is 0 Å². The maximum absolute atomic E-state index is 12.3. The Labute approximate surface area is 131 Å². The summed E-state index contributed by atoms with van der Waals surface area (Å²) in [5.74, 6) is -0.645. The highest BCUT2D eigenvalue weighted by Gasteiger charge is 2.26. The molecule has 6 nitrogen and oxygen atoms in total. The van der Waals surface area contributed by atoms with Crippen molar-refractivity contribution in [2.75, 3.05) is 0 Å². The second-order valence-corrected chi connectivity index (χ2v) is 4.96. The Morgan fingerprint density at radius 3 is 2.26 bits per heavy atom. The first-order chi connectivity index (χ1) is 11.1. The Balaban J connectivity index is 1.75. The molecule has 0 fully saturated rings.